The smallest absolute Gasteiger partial charge is 0.312 e. The lowest BCUT2D eigenvalue weighted by Gasteiger charge is -2.07. The van der Waals surface area contributed by atoms with Gasteiger partial charge in [0.1, 0.15) is 0 Å². The maximum absolute atomic E-state index is 11.1. The summed E-state index contributed by atoms with van der Waals surface area (Å²) in [6, 6.07) is 5.06. The molecule has 0 spiro atoms. The molecule has 0 radical (unpaired) electrons. The van der Waals surface area contributed by atoms with Gasteiger partial charge in [-0.05, 0) is 19.1 Å². The van der Waals surface area contributed by atoms with Gasteiger partial charge in [0.25, 0.3) is 0 Å². The van der Waals surface area contributed by atoms with Gasteiger partial charge in [0.15, 0.2) is 0 Å². The molecule has 6 heteroatoms. The van der Waals surface area contributed by atoms with Crippen LogP contribution in [0.25, 0.3) is 0 Å². The fourth-order valence-corrected chi connectivity index (χ4v) is 1.26. The number of nitrogens with zero attached hydrogens (tertiary/aromatic N) is 2. The Morgan fingerprint density at radius 1 is 1.29 bits per heavy atom. The van der Waals surface area contributed by atoms with E-state index in [2.05, 4.69) is 9.99 Å². The molecular weight excluding hydrogens is 263 g/mol. The first-order valence-corrected chi connectivity index (χ1v) is 5.55. The quantitative estimate of drug-likeness (QED) is 0.471. The number of rotatable bonds is 2. The molecule has 0 unspecified atom stereocenters. The van der Waals surface area contributed by atoms with Gasteiger partial charge < -0.3 is 4.90 Å². The number of hydrogen-bond donors (Lipinski definition) is 0. The molecule has 17 heavy (non-hydrogen) atoms. The topological polar surface area (TPSA) is 41.9 Å². The first-order chi connectivity index (χ1) is 7.91. The van der Waals surface area contributed by atoms with Crippen LogP contribution in [0.1, 0.15) is 12.5 Å². The third-order valence-electron chi connectivity index (χ3n) is 1.96. The summed E-state index contributed by atoms with van der Waals surface area (Å²) in [6.07, 6.45) is -0.538. The molecule has 0 saturated heterocycles. The summed E-state index contributed by atoms with van der Waals surface area (Å²) in [5.74, 6) is 0. The molecule has 0 atom stereocenters. The number of benzene rings is 1. The average molecular weight is 275 g/mol. The van der Waals surface area contributed by atoms with Crippen LogP contribution in [0, 0.1) is 0 Å². The summed E-state index contributed by atoms with van der Waals surface area (Å²) in [7, 11) is 3.15. The van der Waals surface area contributed by atoms with Crippen LogP contribution < -0.4 is 0 Å². The van der Waals surface area contributed by atoms with Crippen molar-refractivity contribution < 1.29 is 9.63 Å². The zero-order valence-electron chi connectivity index (χ0n) is 9.70. The Kier molecular flexibility index (Phi) is 4.78. The molecule has 4 nitrogen and oxygen atoms in total. The Morgan fingerprint density at radius 3 is 2.47 bits per heavy atom. The van der Waals surface area contributed by atoms with Crippen molar-refractivity contribution in [2.75, 3.05) is 14.1 Å². The number of halogens is 2. The van der Waals surface area contributed by atoms with Crippen LogP contribution in [-0.2, 0) is 4.84 Å². The molecule has 92 valence electrons. The second kappa shape index (κ2) is 5.89. The van der Waals surface area contributed by atoms with Gasteiger partial charge >= 0.3 is 6.09 Å². The van der Waals surface area contributed by atoms with Gasteiger partial charge in [-0.3, -0.25) is 4.84 Å². The third kappa shape index (κ3) is 3.91. The fourth-order valence-electron chi connectivity index (χ4n) is 0.963. The summed E-state index contributed by atoms with van der Waals surface area (Å²) in [5, 5.41) is 4.60. The molecule has 0 aliphatic carbocycles. The van der Waals surface area contributed by atoms with E-state index >= 15 is 0 Å². The lowest BCUT2D eigenvalue weighted by Crippen LogP contribution is -2.21. The predicted molar refractivity (Wildman–Crippen MR) is 68.8 cm³/mol. The molecule has 1 aromatic carbocycles. The van der Waals surface area contributed by atoms with Crippen LogP contribution in [0.2, 0.25) is 10.0 Å². The minimum absolute atomic E-state index is 0.428. The van der Waals surface area contributed by atoms with E-state index in [1.165, 1.54) is 4.90 Å². The van der Waals surface area contributed by atoms with Crippen LogP contribution in [0.3, 0.4) is 0 Å². The Bertz CT molecular complexity index is 459. The summed E-state index contributed by atoms with van der Waals surface area (Å²) < 4.78 is 0. The molecule has 1 aromatic rings. The molecule has 0 aliphatic rings. The fraction of sp³-hybridized carbons (Fsp3) is 0.273. The van der Waals surface area contributed by atoms with E-state index in [4.69, 9.17) is 23.2 Å². The van der Waals surface area contributed by atoms with Crippen molar-refractivity contribution in [1.29, 1.82) is 0 Å². The first kappa shape index (κ1) is 13.8. The minimum atomic E-state index is -0.538. The highest BCUT2D eigenvalue weighted by molar-refractivity contribution is 6.42. The van der Waals surface area contributed by atoms with Gasteiger partial charge in [0.05, 0.1) is 15.8 Å². The van der Waals surface area contributed by atoms with E-state index in [0.717, 1.165) is 5.56 Å². The second-order valence-corrected chi connectivity index (χ2v) is 4.37. The summed E-state index contributed by atoms with van der Waals surface area (Å²) in [6.45, 7) is 1.71. The monoisotopic (exact) mass is 274 g/mol. The highest BCUT2D eigenvalue weighted by Gasteiger charge is 2.06. The summed E-state index contributed by atoms with van der Waals surface area (Å²) >= 11 is 11.7. The number of carbonyl (C=O) groups is 1. The van der Waals surface area contributed by atoms with Crippen molar-refractivity contribution in [1.82, 2.24) is 4.90 Å². The Morgan fingerprint density at radius 2 is 1.94 bits per heavy atom. The lowest BCUT2D eigenvalue weighted by atomic mass is 10.1. The SMILES string of the molecule is C/C(=N\OC(=O)N(C)C)c1ccc(Cl)c(Cl)c1. The van der Waals surface area contributed by atoms with E-state index in [1.807, 2.05) is 0 Å². The molecule has 0 aliphatic heterocycles. The van der Waals surface area contributed by atoms with Crippen molar-refractivity contribution in [2.24, 2.45) is 5.16 Å². The zero-order chi connectivity index (χ0) is 13.0. The van der Waals surface area contributed by atoms with Crippen molar-refractivity contribution >= 4 is 35.0 Å². The lowest BCUT2D eigenvalue weighted by molar-refractivity contribution is 0.122. The van der Waals surface area contributed by atoms with E-state index in [9.17, 15) is 4.79 Å². The van der Waals surface area contributed by atoms with Crippen LogP contribution >= 0.6 is 23.2 Å². The van der Waals surface area contributed by atoms with E-state index in [1.54, 1.807) is 39.2 Å². The Labute approximate surface area is 110 Å². The molecule has 0 heterocycles. The van der Waals surface area contributed by atoms with Gasteiger partial charge in [-0.1, -0.05) is 34.4 Å². The molecule has 1 rings (SSSR count). The standard InChI is InChI=1S/C11H12Cl2N2O2/c1-7(14-17-11(16)15(2)3)8-4-5-9(12)10(13)6-8/h4-6H,1-3H3/b14-7+. The van der Waals surface area contributed by atoms with E-state index in [0.29, 0.717) is 15.8 Å². The minimum Gasteiger partial charge on any atom is -0.312 e. The number of carbonyl (C=O) groups excluding carboxylic acids is 1. The molecule has 0 fully saturated rings. The van der Waals surface area contributed by atoms with Gasteiger partial charge in [0.2, 0.25) is 0 Å². The average Bonchev–Trinajstić information content (AvgIpc) is 2.28. The Balaban J connectivity index is 2.81. The first-order valence-electron chi connectivity index (χ1n) is 4.80. The highest BCUT2D eigenvalue weighted by Crippen LogP contribution is 2.22. The van der Waals surface area contributed by atoms with Gasteiger partial charge in [-0.2, -0.15) is 0 Å². The van der Waals surface area contributed by atoms with Crippen molar-refractivity contribution in [3.05, 3.63) is 33.8 Å². The van der Waals surface area contributed by atoms with Gasteiger partial charge in [-0.25, -0.2) is 4.79 Å². The molecule has 0 saturated carbocycles. The van der Waals surface area contributed by atoms with Gasteiger partial charge in [0, 0.05) is 19.7 Å². The zero-order valence-corrected chi connectivity index (χ0v) is 11.2. The van der Waals surface area contributed by atoms with Crippen molar-refractivity contribution in [3.63, 3.8) is 0 Å². The highest BCUT2D eigenvalue weighted by atomic mass is 35.5. The second-order valence-electron chi connectivity index (χ2n) is 3.56. The maximum Gasteiger partial charge on any atom is 0.435 e. The number of oxime groups is 1. The van der Waals surface area contributed by atoms with E-state index in [-0.39, 0.29) is 0 Å². The molecule has 1 amide bonds. The summed E-state index contributed by atoms with van der Waals surface area (Å²) in [5.41, 5.74) is 1.28. The largest absolute Gasteiger partial charge is 0.435 e. The maximum atomic E-state index is 11.1. The van der Waals surface area contributed by atoms with Crippen molar-refractivity contribution in [3.8, 4) is 0 Å². The van der Waals surface area contributed by atoms with E-state index < -0.39 is 6.09 Å². The van der Waals surface area contributed by atoms with Crippen LogP contribution in [0.4, 0.5) is 4.79 Å². The van der Waals surface area contributed by atoms with Gasteiger partial charge in [-0.15, -0.1) is 0 Å². The number of amides is 1. The summed E-state index contributed by atoms with van der Waals surface area (Å²) in [4.78, 5) is 17.1. The molecule has 0 aromatic heterocycles. The van der Waals surface area contributed by atoms with Crippen LogP contribution in [0.15, 0.2) is 23.4 Å². The van der Waals surface area contributed by atoms with Crippen LogP contribution in [0.5, 0.6) is 0 Å². The molecular formula is C11H12Cl2N2O2. The Hall–Kier alpha value is -1.26. The molecule has 0 N–H and O–H groups in total. The predicted octanol–water partition coefficient (Wildman–Crippen LogP) is 3.42. The number of hydrogen-bond acceptors (Lipinski definition) is 3. The third-order valence-corrected chi connectivity index (χ3v) is 2.70. The van der Waals surface area contributed by atoms with Crippen LogP contribution in [-0.4, -0.2) is 30.8 Å². The molecule has 0 bridgehead atoms. The van der Waals surface area contributed by atoms with Crippen molar-refractivity contribution in [2.45, 2.75) is 6.92 Å². The normalized spacial score (nSPS) is 11.2.